The molecule has 1 unspecified atom stereocenters. The van der Waals surface area contributed by atoms with Crippen LogP contribution in [0, 0.1) is 6.92 Å². The second kappa shape index (κ2) is 11.3. The van der Waals surface area contributed by atoms with E-state index in [1.165, 1.54) is 25.2 Å². The van der Waals surface area contributed by atoms with Crippen molar-refractivity contribution in [2.75, 3.05) is 27.4 Å². The molecule has 1 aliphatic heterocycles. The normalized spacial score (nSPS) is 17.4. The van der Waals surface area contributed by atoms with Crippen molar-refractivity contribution in [2.45, 2.75) is 39.3 Å². The number of carbonyl (C=O) groups excluding carboxylic acids is 2. The van der Waals surface area contributed by atoms with E-state index in [0.29, 0.717) is 18.6 Å². The average molecular weight is 522 g/mol. The molecule has 0 aromatic heterocycles. The summed E-state index contributed by atoms with van der Waals surface area (Å²) < 4.78 is 16.2. The van der Waals surface area contributed by atoms with Crippen LogP contribution in [0.2, 0.25) is 10.0 Å². The molecule has 0 saturated carbocycles. The molecule has 7 nitrogen and oxygen atoms in total. The number of aliphatic hydroxyl groups is 1. The van der Waals surface area contributed by atoms with Crippen LogP contribution >= 0.6 is 23.2 Å². The summed E-state index contributed by atoms with van der Waals surface area (Å²) in [4.78, 5) is 27.8. The molecule has 1 amide bonds. The lowest BCUT2D eigenvalue weighted by Crippen LogP contribution is -2.31. The van der Waals surface area contributed by atoms with Crippen molar-refractivity contribution in [2.24, 2.45) is 0 Å². The predicted molar refractivity (Wildman–Crippen MR) is 135 cm³/mol. The Labute approximate surface area is 215 Å². The monoisotopic (exact) mass is 521 g/mol. The minimum Gasteiger partial charge on any atom is -0.507 e. The van der Waals surface area contributed by atoms with Crippen LogP contribution in [-0.4, -0.2) is 55.2 Å². The van der Waals surface area contributed by atoms with Gasteiger partial charge in [0.05, 0.1) is 42.5 Å². The quantitative estimate of drug-likeness (QED) is 0.201. The fourth-order valence-corrected chi connectivity index (χ4v) is 4.83. The van der Waals surface area contributed by atoms with Crippen molar-refractivity contribution in [3.05, 3.63) is 62.6 Å². The summed E-state index contributed by atoms with van der Waals surface area (Å²) in [5, 5.41) is 11.6. The Hall–Kier alpha value is -2.74. The maximum absolute atomic E-state index is 13.3. The van der Waals surface area contributed by atoms with Gasteiger partial charge in [0.15, 0.2) is 11.5 Å². The van der Waals surface area contributed by atoms with Crippen molar-refractivity contribution in [3.63, 3.8) is 0 Å². The number of hydrogen-bond acceptors (Lipinski definition) is 6. The molecule has 1 heterocycles. The molecule has 0 aliphatic carbocycles. The predicted octanol–water partition coefficient (Wildman–Crippen LogP) is 5.56. The summed E-state index contributed by atoms with van der Waals surface area (Å²) in [7, 11) is 2.77. The molecule has 1 fully saturated rings. The van der Waals surface area contributed by atoms with Crippen LogP contribution in [-0.2, 0) is 14.3 Å². The highest BCUT2D eigenvalue weighted by molar-refractivity contribution is 6.47. The Kier molecular flexibility index (Phi) is 8.70. The smallest absolute Gasteiger partial charge is 0.295 e. The van der Waals surface area contributed by atoms with E-state index in [1.807, 2.05) is 45.0 Å². The summed E-state index contributed by atoms with van der Waals surface area (Å²) in [6.07, 6.45) is 0.576. The van der Waals surface area contributed by atoms with E-state index in [4.69, 9.17) is 37.4 Å². The molecule has 0 radical (unpaired) electrons. The van der Waals surface area contributed by atoms with Crippen LogP contribution < -0.4 is 9.47 Å². The van der Waals surface area contributed by atoms with Crippen LogP contribution in [0.4, 0.5) is 0 Å². The van der Waals surface area contributed by atoms with E-state index in [2.05, 4.69) is 0 Å². The number of benzene rings is 2. The molecule has 1 atom stereocenters. The zero-order chi connectivity index (χ0) is 25.9. The van der Waals surface area contributed by atoms with Gasteiger partial charge in [0.25, 0.3) is 11.7 Å². The fourth-order valence-electron chi connectivity index (χ4n) is 4.14. The summed E-state index contributed by atoms with van der Waals surface area (Å²) in [5.41, 5.74) is 1.66. The second-order valence-electron chi connectivity index (χ2n) is 8.47. The third kappa shape index (κ3) is 5.42. The first-order valence-corrected chi connectivity index (χ1v) is 11.9. The van der Waals surface area contributed by atoms with E-state index in [1.54, 1.807) is 0 Å². The van der Waals surface area contributed by atoms with Crippen molar-refractivity contribution >= 4 is 40.7 Å². The first-order valence-electron chi connectivity index (χ1n) is 11.2. The Balaban J connectivity index is 2.18. The van der Waals surface area contributed by atoms with E-state index in [-0.39, 0.29) is 45.3 Å². The average Bonchev–Trinajstić information content (AvgIpc) is 3.06. The largest absolute Gasteiger partial charge is 0.507 e. The lowest BCUT2D eigenvalue weighted by Gasteiger charge is -2.26. The van der Waals surface area contributed by atoms with E-state index in [0.717, 1.165) is 5.56 Å². The molecule has 2 aromatic carbocycles. The third-order valence-corrected chi connectivity index (χ3v) is 6.31. The van der Waals surface area contributed by atoms with Gasteiger partial charge in [0, 0.05) is 13.2 Å². The number of rotatable bonds is 9. The Morgan fingerprint density at radius 1 is 1.11 bits per heavy atom. The summed E-state index contributed by atoms with van der Waals surface area (Å²) in [5.74, 6) is -1.69. The first kappa shape index (κ1) is 26.9. The van der Waals surface area contributed by atoms with Crippen LogP contribution in [0.25, 0.3) is 5.76 Å². The number of methoxy groups -OCH3 is 2. The Morgan fingerprint density at radius 3 is 2.40 bits per heavy atom. The Bertz CT molecular complexity index is 1160. The molecule has 35 heavy (non-hydrogen) atoms. The van der Waals surface area contributed by atoms with Gasteiger partial charge in [0.2, 0.25) is 0 Å². The number of aryl methyl sites for hydroxylation is 1. The summed E-state index contributed by atoms with van der Waals surface area (Å²) >= 11 is 12.7. The second-order valence-corrected chi connectivity index (χ2v) is 9.25. The van der Waals surface area contributed by atoms with E-state index < -0.39 is 23.5 Å². The van der Waals surface area contributed by atoms with Crippen LogP contribution in [0.15, 0.2) is 35.9 Å². The molecule has 9 heteroatoms. The van der Waals surface area contributed by atoms with Gasteiger partial charge in [-0.25, -0.2) is 0 Å². The highest BCUT2D eigenvalue weighted by Crippen LogP contribution is 2.47. The maximum Gasteiger partial charge on any atom is 0.295 e. The highest BCUT2D eigenvalue weighted by Gasteiger charge is 2.46. The van der Waals surface area contributed by atoms with Crippen molar-refractivity contribution < 1.29 is 28.9 Å². The standard InChI is InChI=1S/C26H29Cl2NO6/c1-14(2)35-11-7-10-29-21(16-9-6-8-15(3)12-16)19(23(31)26(29)32)22(30)17-13-18(27)25(34-5)20(28)24(17)33-4/h6,8-9,12-14,21,30H,7,10-11H2,1-5H3/b22-19+. The van der Waals surface area contributed by atoms with Crippen LogP contribution in [0.5, 0.6) is 11.5 Å². The topological polar surface area (TPSA) is 85.3 Å². The van der Waals surface area contributed by atoms with Gasteiger partial charge >= 0.3 is 0 Å². The number of hydrogen-bond donors (Lipinski definition) is 1. The van der Waals surface area contributed by atoms with E-state index >= 15 is 0 Å². The number of ketones is 1. The molecular formula is C26H29Cl2NO6. The third-order valence-electron chi connectivity index (χ3n) is 5.69. The zero-order valence-corrected chi connectivity index (χ0v) is 21.9. The molecular weight excluding hydrogens is 493 g/mol. The molecule has 0 bridgehead atoms. The summed E-state index contributed by atoms with van der Waals surface area (Å²) in [6, 6.07) is 8.05. The molecule has 1 aliphatic rings. The Morgan fingerprint density at radius 2 is 1.80 bits per heavy atom. The SMILES string of the molecule is COc1c(Cl)cc(/C(O)=C2\C(=O)C(=O)N(CCCOC(C)C)C2c2cccc(C)c2)c(OC)c1Cl. The number of aliphatic hydroxyl groups excluding tert-OH is 1. The molecule has 188 valence electrons. The fraction of sp³-hybridized carbons (Fsp3) is 0.385. The number of halogens is 2. The van der Waals surface area contributed by atoms with Crippen molar-refractivity contribution in [1.82, 2.24) is 4.90 Å². The number of Topliss-reactive ketones (excluding diaryl/α,β-unsaturated/α-hetero) is 1. The van der Waals surface area contributed by atoms with Crippen LogP contribution in [0.1, 0.15) is 43.0 Å². The number of carbonyl (C=O) groups is 2. The molecule has 1 saturated heterocycles. The van der Waals surface area contributed by atoms with Gasteiger partial charge in [-0.3, -0.25) is 9.59 Å². The minimum atomic E-state index is -0.807. The first-order chi connectivity index (χ1) is 16.6. The number of nitrogens with zero attached hydrogens (tertiary/aromatic N) is 1. The lowest BCUT2D eigenvalue weighted by molar-refractivity contribution is -0.140. The van der Waals surface area contributed by atoms with Gasteiger partial charge in [-0.2, -0.15) is 0 Å². The van der Waals surface area contributed by atoms with E-state index in [9.17, 15) is 14.7 Å². The van der Waals surface area contributed by atoms with Gasteiger partial charge in [-0.05, 0) is 38.8 Å². The number of amides is 1. The highest BCUT2D eigenvalue weighted by atomic mass is 35.5. The van der Waals surface area contributed by atoms with Crippen molar-refractivity contribution in [3.8, 4) is 11.5 Å². The van der Waals surface area contributed by atoms with Crippen molar-refractivity contribution in [1.29, 1.82) is 0 Å². The molecule has 0 spiro atoms. The van der Waals surface area contributed by atoms with Gasteiger partial charge in [-0.1, -0.05) is 53.0 Å². The molecule has 3 rings (SSSR count). The van der Waals surface area contributed by atoms with Gasteiger partial charge in [-0.15, -0.1) is 0 Å². The lowest BCUT2D eigenvalue weighted by atomic mass is 9.94. The summed E-state index contributed by atoms with van der Waals surface area (Å²) in [6.45, 7) is 6.47. The van der Waals surface area contributed by atoms with Gasteiger partial charge < -0.3 is 24.2 Å². The number of likely N-dealkylation sites (tertiary alicyclic amines) is 1. The van der Waals surface area contributed by atoms with Crippen LogP contribution in [0.3, 0.4) is 0 Å². The molecule has 1 N–H and O–H groups in total. The maximum atomic E-state index is 13.3. The number of ether oxygens (including phenoxy) is 3. The van der Waals surface area contributed by atoms with Gasteiger partial charge in [0.1, 0.15) is 10.8 Å². The minimum absolute atomic E-state index is 0.0382. The molecule has 2 aromatic rings. The zero-order valence-electron chi connectivity index (χ0n) is 20.4.